The molecule has 1 N–H and O–H groups in total. The van der Waals surface area contributed by atoms with Gasteiger partial charge in [0.2, 0.25) is 5.91 Å². The van der Waals surface area contributed by atoms with Crippen LogP contribution in [0.1, 0.15) is 29.1 Å². The van der Waals surface area contributed by atoms with E-state index in [1.807, 2.05) is 37.1 Å². The molecule has 0 radical (unpaired) electrons. The van der Waals surface area contributed by atoms with Gasteiger partial charge in [-0.2, -0.15) is 0 Å². The number of carbonyl (C=O) groups excluding carboxylic acids is 2. The molecule has 1 saturated heterocycles. The van der Waals surface area contributed by atoms with Crippen molar-refractivity contribution in [2.75, 3.05) is 36.8 Å². The zero-order valence-electron chi connectivity index (χ0n) is 19.4. The number of benzene rings is 2. The second-order valence-electron chi connectivity index (χ2n) is 8.21. The number of aromatic nitrogens is 3. The number of hydrogen-bond donors (Lipinski definition) is 1. The molecule has 4 rings (SSSR count). The van der Waals surface area contributed by atoms with Gasteiger partial charge in [-0.05, 0) is 37.3 Å². The van der Waals surface area contributed by atoms with Crippen molar-refractivity contribution < 1.29 is 9.59 Å². The molecule has 0 aliphatic carbocycles. The molecule has 3 aromatic rings. The highest BCUT2D eigenvalue weighted by Crippen LogP contribution is 2.23. The molecule has 1 aliphatic rings. The van der Waals surface area contributed by atoms with Gasteiger partial charge < -0.3 is 19.7 Å². The average molecular weight is 533 g/mol. The van der Waals surface area contributed by atoms with Crippen LogP contribution >= 0.6 is 35.0 Å². The van der Waals surface area contributed by atoms with Crippen molar-refractivity contribution in [3.63, 3.8) is 0 Å². The summed E-state index contributed by atoms with van der Waals surface area (Å²) in [5.74, 6) is 0.598. The van der Waals surface area contributed by atoms with Crippen molar-refractivity contribution >= 4 is 52.5 Å². The maximum Gasteiger partial charge on any atom is 0.253 e. The van der Waals surface area contributed by atoms with Crippen molar-refractivity contribution in [2.45, 2.75) is 18.1 Å². The summed E-state index contributed by atoms with van der Waals surface area (Å²) in [4.78, 5) is 29.6. The van der Waals surface area contributed by atoms with E-state index in [1.54, 1.807) is 16.7 Å². The van der Waals surface area contributed by atoms with Gasteiger partial charge in [-0.3, -0.25) is 9.59 Å². The summed E-state index contributed by atoms with van der Waals surface area (Å²) >= 11 is 13.4. The third-order valence-electron chi connectivity index (χ3n) is 5.86. The van der Waals surface area contributed by atoms with Crippen LogP contribution in [-0.4, -0.2) is 63.4 Å². The number of amides is 2. The van der Waals surface area contributed by atoms with E-state index in [0.717, 1.165) is 13.1 Å². The monoisotopic (exact) mass is 532 g/mol. The first-order valence-corrected chi connectivity index (χ1v) is 12.9. The van der Waals surface area contributed by atoms with Gasteiger partial charge in [0.1, 0.15) is 0 Å². The van der Waals surface area contributed by atoms with Crippen LogP contribution in [0.25, 0.3) is 0 Å². The largest absolute Gasteiger partial charge is 0.368 e. The molecule has 2 aromatic carbocycles. The number of rotatable bonds is 7. The van der Waals surface area contributed by atoms with E-state index < -0.39 is 6.04 Å². The molecule has 1 aromatic heterocycles. The molecule has 0 spiro atoms. The van der Waals surface area contributed by atoms with Gasteiger partial charge in [0, 0.05) is 43.9 Å². The lowest BCUT2D eigenvalue weighted by Gasteiger charge is -2.36. The van der Waals surface area contributed by atoms with Crippen molar-refractivity contribution in [2.24, 2.45) is 7.05 Å². The number of nitrogens with zero attached hydrogens (tertiary/aromatic N) is 5. The third-order valence-corrected chi connectivity index (χ3v) is 7.41. The second-order valence-corrected chi connectivity index (χ2v) is 10.00. The van der Waals surface area contributed by atoms with Crippen LogP contribution in [0.2, 0.25) is 10.0 Å². The van der Waals surface area contributed by atoms with Gasteiger partial charge in [-0.1, -0.05) is 53.2 Å². The fraction of sp³-hybridized carbons (Fsp3) is 0.333. The first-order chi connectivity index (χ1) is 16.8. The zero-order valence-corrected chi connectivity index (χ0v) is 21.8. The van der Waals surface area contributed by atoms with Gasteiger partial charge in [-0.25, -0.2) is 0 Å². The molecule has 1 aliphatic heterocycles. The smallest absolute Gasteiger partial charge is 0.253 e. The van der Waals surface area contributed by atoms with E-state index in [0.29, 0.717) is 34.7 Å². The number of carbonyl (C=O) groups is 2. The summed E-state index contributed by atoms with van der Waals surface area (Å²) in [6.07, 6.45) is 0. The van der Waals surface area contributed by atoms with Crippen LogP contribution in [0.4, 0.5) is 5.69 Å². The molecule has 0 unspecified atom stereocenters. The maximum atomic E-state index is 12.8. The first kappa shape index (κ1) is 25.3. The van der Waals surface area contributed by atoms with Crippen LogP contribution in [0, 0.1) is 0 Å². The van der Waals surface area contributed by atoms with Gasteiger partial charge in [0.25, 0.3) is 5.91 Å². The SMILES string of the molecule is C[C@H](NC(=O)c1ccc(Cl)cc1Cl)c1nnc(SCC(=O)N2CCN(c3ccccc3)CC2)n1C. The number of piperazine rings is 1. The van der Waals surface area contributed by atoms with Gasteiger partial charge in [-0.15, -0.1) is 10.2 Å². The number of para-hydroxylation sites is 1. The fourth-order valence-corrected chi connectivity index (χ4v) is 5.23. The summed E-state index contributed by atoms with van der Waals surface area (Å²) in [7, 11) is 1.82. The van der Waals surface area contributed by atoms with Gasteiger partial charge >= 0.3 is 0 Å². The molecule has 2 amide bonds. The lowest BCUT2D eigenvalue weighted by molar-refractivity contribution is -0.128. The Balaban J connectivity index is 1.29. The minimum atomic E-state index is -0.414. The average Bonchev–Trinajstić information content (AvgIpc) is 3.23. The lowest BCUT2D eigenvalue weighted by atomic mass is 10.2. The minimum Gasteiger partial charge on any atom is -0.368 e. The summed E-state index contributed by atoms with van der Waals surface area (Å²) in [6, 6.07) is 14.5. The highest BCUT2D eigenvalue weighted by Gasteiger charge is 2.23. The second kappa shape index (κ2) is 11.3. The van der Waals surface area contributed by atoms with Crippen molar-refractivity contribution in [3.8, 4) is 0 Å². The standard InChI is InChI=1S/C24H26Cl2N6O2S/c1-16(27-23(34)19-9-8-17(25)14-20(19)26)22-28-29-24(30(22)2)35-15-21(33)32-12-10-31(11-13-32)18-6-4-3-5-7-18/h3-9,14,16H,10-13,15H2,1-2H3,(H,27,34)/t16-/m0/s1. The molecule has 2 heterocycles. The third kappa shape index (κ3) is 6.09. The fourth-order valence-electron chi connectivity index (χ4n) is 3.91. The summed E-state index contributed by atoms with van der Waals surface area (Å²) < 4.78 is 1.79. The number of halogens is 2. The van der Waals surface area contributed by atoms with E-state index in [1.165, 1.54) is 23.5 Å². The van der Waals surface area contributed by atoms with Crippen LogP contribution in [0.15, 0.2) is 53.7 Å². The van der Waals surface area contributed by atoms with E-state index >= 15 is 0 Å². The Labute approximate surface area is 218 Å². The van der Waals surface area contributed by atoms with Gasteiger partial charge in [0.05, 0.1) is 22.4 Å². The molecule has 8 nitrogen and oxygen atoms in total. The molecule has 1 atom stereocenters. The number of anilines is 1. The van der Waals surface area contributed by atoms with Crippen molar-refractivity contribution in [3.05, 3.63) is 70.0 Å². The van der Waals surface area contributed by atoms with Crippen molar-refractivity contribution in [1.82, 2.24) is 25.0 Å². The van der Waals surface area contributed by atoms with Crippen molar-refractivity contribution in [1.29, 1.82) is 0 Å². The van der Waals surface area contributed by atoms with Crippen LogP contribution < -0.4 is 10.2 Å². The van der Waals surface area contributed by atoms with E-state index in [2.05, 4.69) is 32.5 Å². The molecule has 1 fully saturated rings. The quantitative estimate of drug-likeness (QED) is 0.462. The normalized spacial score (nSPS) is 14.6. The summed E-state index contributed by atoms with van der Waals surface area (Å²) in [6.45, 7) is 4.81. The Bertz CT molecular complexity index is 1200. The number of hydrogen-bond acceptors (Lipinski definition) is 6. The Morgan fingerprint density at radius 2 is 1.77 bits per heavy atom. The highest BCUT2D eigenvalue weighted by atomic mass is 35.5. The highest BCUT2D eigenvalue weighted by molar-refractivity contribution is 7.99. The summed E-state index contributed by atoms with van der Waals surface area (Å²) in [5.41, 5.74) is 1.51. The molecular weight excluding hydrogens is 507 g/mol. The predicted molar refractivity (Wildman–Crippen MR) is 139 cm³/mol. The Morgan fingerprint density at radius 3 is 2.46 bits per heavy atom. The number of nitrogens with one attached hydrogen (secondary N) is 1. The van der Waals surface area contributed by atoms with Gasteiger partial charge in [0.15, 0.2) is 11.0 Å². The van der Waals surface area contributed by atoms with E-state index in [9.17, 15) is 9.59 Å². The maximum absolute atomic E-state index is 12.8. The molecular formula is C24H26Cl2N6O2S. The summed E-state index contributed by atoms with van der Waals surface area (Å²) in [5, 5.41) is 12.7. The predicted octanol–water partition coefficient (Wildman–Crippen LogP) is 4.05. The number of thioether (sulfide) groups is 1. The van der Waals surface area contributed by atoms with Crippen LogP contribution in [0.3, 0.4) is 0 Å². The Morgan fingerprint density at radius 1 is 1.06 bits per heavy atom. The first-order valence-electron chi connectivity index (χ1n) is 11.2. The molecule has 11 heteroatoms. The Hall–Kier alpha value is -2.75. The van der Waals surface area contributed by atoms with E-state index in [4.69, 9.17) is 23.2 Å². The molecule has 184 valence electrons. The minimum absolute atomic E-state index is 0.0750. The molecule has 0 saturated carbocycles. The van der Waals surface area contributed by atoms with Crippen LogP contribution in [0.5, 0.6) is 0 Å². The topological polar surface area (TPSA) is 83.4 Å². The lowest BCUT2D eigenvalue weighted by Crippen LogP contribution is -2.49. The van der Waals surface area contributed by atoms with Crippen LogP contribution in [-0.2, 0) is 11.8 Å². The zero-order chi connectivity index (χ0) is 24.9. The van der Waals surface area contributed by atoms with E-state index in [-0.39, 0.29) is 22.6 Å². The Kier molecular flexibility index (Phi) is 8.20. The molecule has 0 bridgehead atoms. The molecule has 35 heavy (non-hydrogen) atoms.